The lowest BCUT2D eigenvalue weighted by Gasteiger charge is -2.26. The van der Waals surface area contributed by atoms with Crippen LogP contribution in [0.25, 0.3) is 6.08 Å². The van der Waals surface area contributed by atoms with Crippen LogP contribution in [0.3, 0.4) is 0 Å². The van der Waals surface area contributed by atoms with Crippen LogP contribution in [-0.2, 0) is 22.6 Å². The second-order valence-corrected chi connectivity index (χ2v) is 9.27. The van der Waals surface area contributed by atoms with Crippen LogP contribution in [0, 0.1) is 10.1 Å². The van der Waals surface area contributed by atoms with Gasteiger partial charge in [-0.25, -0.2) is 9.69 Å². The number of carbonyl (C=O) groups is 3. The zero-order valence-electron chi connectivity index (χ0n) is 20.7. The van der Waals surface area contributed by atoms with E-state index < -0.39 is 22.8 Å². The Bertz CT molecular complexity index is 1520. The van der Waals surface area contributed by atoms with E-state index in [1.807, 2.05) is 0 Å². The normalized spacial score (nSPS) is 14.3. The molecular weight excluding hydrogens is 570 g/mol. The number of benzene rings is 3. The number of anilines is 1. The highest BCUT2D eigenvalue weighted by molar-refractivity contribution is 9.10. The minimum atomic E-state index is -0.848. The van der Waals surface area contributed by atoms with Crippen LogP contribution in [0.5, 0.6) is 11.5 Å². The molecule has 1 fully saturated rings. The third kappa shape index (κ3) is 6.04. The Morgan fingerprint density at radius 3 is 2.51 bits per heavy atom. The van der Waals surface area contributed by atoms with Gasteiger partial charge in [0, 0.05) is 22.2 Å². The number of non-ortho nitro benzene ring substituents is 1. The summed E-state index contributed by atoms with van der Waals surface area (Å²) in [6.07, 6.45) is 3.38. The molecule has 4 rings (SSSR count). The van der Waals surface area contributed by atoms with E-state index in [9.17, 15) is 24.5 Å². The molecule has 10 nitrogen and oxygen atoms in total. The van der Waals surface area contributed by atoms with Gasteiger partial charge in [-0.05, 0) is 60.0 Å². The molecule has 4 amide bonds. The maximum absolute atomic E-state index is 13.2. The van der Waals surface area contributed by atoms with Crippen LogP contribution >= 0.6 is 15.9 Å². The lowest BCUT2D eigenvalue weighted by atomic mass is 10.0. The fraction of sp³-hybridized carbons (Fsp3) is 0.107. The summed E-state index contributed by atoms with van der Waals surface area (Å²) >= 11 is 3.31. The number of hydrogen-bond acceptors (Lipinski definition) is 7. The van der Waals surface area contributed by atoms with Gasteiger partial charge in [0.2, 0.25) is 0 Å². The van der Waals surface area contributed by atoms with Crippen LogP contribution in [0.2, 0.25) is 0 Å². The summed E-state index contributed by atoms with van der Waals surface area (Å²) in [7, 11) is 1.44. The molecule has 1 aliphatic rings. The number of nitro benzene ring substituents is 1. The maximum Gasteiger partial charge on any atom is 0.335 e. The third-order valence-corrected chi connectivity index (χ3v) is 6.27. The van der Waals surface area contributed by atoms with Crippen LogP contribution in [0.4, 0.5) is 16.2 Å². The molecule has 11 heteroatoms. The number of amides is 4. The number of nitro groups is 1. The molecule has 39 heavy (non-hydrogen) atoms. The zero-order chi connectivity index (χ0) is 28.1. The Labute approximate surface area is 231 Å². The fourth-order valence-electron chi connectivity index (χ4n) is 3.95. The number of rotatable bonds is 9. The Hall–Kier alpha value is -4.77. The van der Waals surface area contributed by atoms with Crippen LogP contribution in [-0.4, -0.2) is 29.9 Å². The van der Waals surface area contributed by atoms with E-state index in [2.05, 4.69) is 27.8 Å². The number of hydrogen-bond donors (Lipinski definition) is 1. The van der Waals surface area contributed by atoms with Gasteiger partial charge in [0.1, 0.15) is 12.2 Å². The summed E-state index contributed by atoms with van der Waals surface area (Å²) in [5.74, 6) is -0.900. The Morgan fingerprint density at radius 2 is 1.85 bits per heavy atom. The molecule has 1 heterocycles. The third-order valence-electron chi connectivity index (χ3n) is 5.74. The Morgan fingerprint density at radius 1 is 1.10 bits per heavy atom. The van der Waals surface area contributed by atoms with Gasteiger partial charge in [-0.15, -0.1) is 6.58 Å². The number of imide groups is 2. The van der Waals surface area contributed by atoms with E-state index in [1.165, 1.54) is 25.3 Å². The predicted octanol–water partition coefficient (Wildman–Crippen LogP) is 5.34. The van der Waals surface area contributed by atoms with E-state index in [1.54, 1.807) is 54.6 Å². The van der Waals surface area contributed by atoms with Gasteiger partial charge < -0.3 is 9.47 Å². The molecule has 0 radical (unpaired) electrons. The molecular formula is C28H22BrN3O7. The number of nitrogens with one attached hydrogen (secondary N) is 1. The highest BCUT2D eigenvalue weighted by atomic mass is 79.9. The van der Waals surface area contributed by atoms with Crippen molar-refractivity contribution in [2.75, 3.05) is 12.0 Å². The molecule has 198 valence electrons. The summed E-state index contributed by atoms with van der Waals surface area (Å²) in [6.45, 7) is 3.81. The molecule has 0 atom stereocenters. The van der Waals surface area contributed by atoms with E-state index in [-0.39, 0.29) is 17.9 Å². The molecule has 0 bridgehead atoms. The van der Waals surface area contributed by atoms with Gasteiger partial charge in [-0.2, -0.15) is 0 Å². The second-order valence-electron chi connectivity index (χ2n) is 8.35. The first-order valence-electron chi connectivity index (χ1n) is 11.6. The van der Waals surface area contributed by atoms with Gasteiger partial charge in [0.15, 0.2) is 11.5 Å². The first kappa shape index (κ1) is 27.3. The van der Waals surface area contributed by atoms with Gasteiger partial charge in [0.25, 0.3) is 17.5 Å². The van der Waals surface area contributed by atoms with Crippen molar-refractivity contribution in [1.29, 1.82) is 0 Å². The molecule has 1 saturated heterocycles. The lowest BCUT2D eigenvalue weighted by Crippen LogP contribution is -2.54. The summed E-state index contributed by atoms with van der Waals surface area (Å²) in [4.78, 5) is 49.9. The fourth-order valence-corrected chi connectivity index (χ4v) is 4.22. The van der Waals surface area contributed by atoms with Crippen molar-refractivity contribution in [3.63, 3.8) is 0 Å². The SMILES string of the molecule is C=CCc1cc(/C=C2\C(=O)NC(=O)N(c3ccc(Br)cc3)C2=O)cc(OC)c1OCc1cccc([N+](=O)[O-])c1. The number of allylic oxidation sites excluding steroid dienone is 1. The van der Waals surface area contributed by atoms with E-state index in [0.717, 1.165) is 9.37 Å². The van der Waals surface area contributed by atoms with Gasteiger partial charge in [-0.1, -0.05) is 34.1 Å². The number of nitrogens with zero attached hydrogens (tertiary/aromatic N) is 2. The minimum absolute atomic E-state index is 0.0355. The highest BCUT2D eigenvalue weighted by Gasteiger charge is 2.36. The van der Waals surface area contributed by atoms with Crippen molar-refractivity contribution in [3.8, 4) is 11.5 Å². The molecule has 0 unspecified atom stereocenters. The number of halogens is 1. The average molecular weight is 592 g/mol. The van der Waals surface area contributed by atoms with Gasteiger partial charge >= 0.3 is 6.03 Å². The van der Waals surface area contributed by atoms with Crippen molar-refractivity contribution < 1.29 is 28.8 Å². The summed E-state index contributed by atoms with van der Waals surface area (Å²) in [6, 6.07) is 15.0. The maximum atomic E-state index is 13.2. The number of ether oxygens (including phenoxy) is 2. The average Bonchev–Trinajstić information content (AvgIpc) is 2.91. The molecule has 0 spiro atoms. The molecule has 3 aromatic carbocycles. The van der Waals surface area contributed by atoms with Gasteiger partial charge in [-0.3, -0.25) is 25.0 Å². The quantitative estimate of drug-likeness (QED) is 0.117. The molecule has 1 aliphatic heterocycles. The highest BCUT2D eigenvalue weighted by Crippen LogP contribution is 2.35. The summed E-state index contributed by atoms with van der Waals surface area (Å²) in [5.41, 5.74) is 1.69. The zero-order valence-corrected chi connectivity index (χ0v) is 22.3. The van der Waals surface area contributed by atoms with E-state index in [0.29, 0.717) is 40.3 Å². The Balaban J connectivity index is 1.68. The van der Waals surface area contributed by atoms with Crippen LogP contribution in [0.1, 0.15) is 16.7 Å². The molecule has 0 aliphatic carbocycles. The van der Waals surface area contributed by atoms with Crippen molar-refractivity contribution in [2.24, 2.45) is 0 Å². The summed E-state index contributed by atoms with van der Waals surface area (Å²) < 4.78 is 12.3. The van der Waals surface area contributed by atoms with Crippen molar-refractivity contribution in [3.05, 3.63) is 110 Å². The monoisotopic (exact) mass is 591 g/mol. The molecule has 3 aromatic rings. The minimum Gasteiger partial charge on any atom is -0.493 e. The van der Waals surface area contributed by atoms with Crippen molar-refractivity contribution in [2.45, 2.75) is 13.0 Å². The first-order valence-corrected chi connectivity index (χ1v) is 12.4. The first-order chi connectivity index (χ1) is 18.7. The predicted molar refractivity (Wildman–Crippen MR) is 147 cm³/mol. The van der Waals surface area contributed by atoms with Gasteiger partial charge in [0.05, 0.1) is 17.7 Å². The molecule has 0 saturated carbocycles. The van der Waals surface area contributed by atoms with Crippen LogP contribution < -0.4 is 19.7 Å². The molecule has 1 N–H and O–H groups in total. The van der Waals surface area contributed by atoms with Crippen molar-refractivity contribution >= 4 is 51.2 Å². The standard InChI is InChI=1S/C28H22BrN3O7/c1-3-5-19-12-18(15-24(38-2)25(19)39-16-17-6-4-7-22(13-17)32(36)37)14-23-26(33)30-28(35)31(27(23)34)21-10-8-20(29)9-11-21/h3-4,6-15H,1,5,16H2,2H3,(H,30,33,35)/b23-14+. The largest absolute Gasteiger partial charge is 0.493 e. The number of barbiturate groups is 1. The smallest absolute Gasteiger partial charge is 0.335 e. The number of urea groups is 1. The van der Waals surface area contributed by atoms with Crippen LogP contribution in [0.15, 0.2) is 83.4 Å². The Kier molecular flexibility index (Phi) is 8.21. The summed E-state index contributed by atoms with van der Waals surface area (Å²) in [5, 5.41) is 13.3. The topological polar surface area (TPSA) is 128 Å². The van der Waals surface area contributed by atoms with E-state index >= 15 is 0 Å². The molecule has 0 aromatic heterocycles. The second kappa shape index (κ2) is 11.7. The van der Waals surface area contributed by atoms with E-state index in [4.69, 9.17) is 9.47 Å². The van der Waals surface area contributed by atoms with Crippen molar-refractivity contribution in [1.82, 2.24) is 5.32 Å². The lowest BCUT2D eigenvalue weighted by molar-refractivity contribution is -0.384. The number of carbonyl (C=O) groups excluding carboxylic acids is 3. The number of methoxy groups -OCH3 is 1.